The van der Waals surface area contributed by atoms with Crippen LogP contribution in [0.25, 0.3) is 0 Å². The van der Waals surface area contributed by atoms with Crippen LogP contribution in [0, 0.1) is 5.41 Å². The average molecular weight is 309 g/mol. The molecule has 0 amide bonds. The molecule has 0 radical (unpaired) electrons. The van der Waals surface area contributed by atoms with Crippen LogP contribution < -0.4 is 5.32 Å². The van der Waals surface area contributed by atoms with Crippen LogP contribution in [0.3, 0.4) is 0 Å². The van der Waals surface area contributed by atoms with Crippen molar-refractivity contribution in [1.82, 2.24) is 5.32 Å². The zero-order valence-electron chi connectivity index (χ0n) is 13.5. The molecular formula is C16H23NO5. The molecule has 6 heteroatoms. The number of carbonyl (C=O) groups excluding carboxylic acids is 3. The van der Waals surface area contributed by atoms with Gasteiger partial charge in [0.2, 0.25) is 0 Å². The molecule has 0 aromatic heterocycles. The van der Waals surface area contributed by atoms with E-state index in [4.69, 9.17) is 9.47 Å². The summed E-state index contributed by atoms with van der Waals surface area (Å²) in [6.07, 6.45) is 3.87. The SMILES string of the molecule is CCOC(=O)C(=CNC1=CC(=O)CC(C)(C)C1)C(=O)OCC. The van der Waals surface area contributed by atoms with Gasteiger partial charge in [0.1, 0.15) is 0 Å². The van der Waals surface area contributed by atoms with Crippen LogP contribution >= 0.6 is 0 Å². The molecule has 1 aliphatic rings. The second kappa shape index (κ2) is 7.77. The summed E-state index contributed by atoms with van der Waals surface area (Å²) in [6, 6.07) is 0. The van der Waals surface area contributed by atoms with E-state index in [1.807, 2.05) is 13.8 Å². The van der Waals surface area contributed by atoms with Gasteiger partial charge in [0, 0.05) is 24.4 Å². The van der Waals surface area contributed by atoms with E-state index >= 15 is 0 Å². The van der Waals surface area contributed by atoms with Crippen LogP contribution in [0.15, 0.2) is 23.5 Å². The fourth-order valence-corrected chi connectivity index (χ4v) is 2.22. The molecule has 6 nitrogen and oxygen atoms in total. The van der Waals surface area contributed by atoms with Crippen molar-refractivity contribution in [3.05, 3.63) is 23.5 Å². The van der Waals surface area contributed by atoms with Crippen molar-refractivity contribution < 1.29 is 23.9 Å². The number of carbonyl (C=O) groups is 3. The van der Waals surface area contributed by atoms with Crippen molar-refractivity contribution in [3.8, 4) is 0 Å². The predicted molar refractivity (Wildman–Crippen MR) is 80.6 cm³/mol. The molecule has 22 heavy (non-hydrogen) atoms. The highest BCUT2D eigenvalue weighted by Crippen LogP contribution is 2.32. The standard InChI is InChI=1S/C16H23NO5/c1-5-21-14(19)13(15(20)22-6-2)10-17-11-7-12(18)9-16(3,4)8-11/h7,10,17H,5-6,8-9H2,1-4H3. The Morgan fingerprint density at radius 2 is 1.73 bits per heavy atom. The largest absolute Gasteiger partial charge is 0.462 e. The molecular weight excluding hydrogens is 286 g/mol. The number of rotatable bonds is 6. The van der Waals surface area contributed by atoms with Crippen molar-refractivity contribution in [3.63, 3.8) is 0 Å². The lowest BCUT2D eigenvalue weighted by molar-refractivity contribution is -0.146. The lowest BCUT2D eigenvalue weighted by Gasteiger charge is -2.28. The van der Waals surface area contributed by atoms with Gasteiger partial charge in [-0.15, -0.1) is 0 Å². The molecule has 0 saturated carbocycles. The van der Waals surface area contributed by atoms with E-state index in [0.717, 1.165) is 0 Å². The van der Waals surface area contributed by atoms with Crippen molar-refractivity contribution >= 4 is 17.7 Å². The minimum atomic E-state index is -0.754. The van der Waals surface area contributed by atoms with Gasteiger partial charge >= 0.3 is 11.9 Å². The predicted octanol–water partition coefficient (Wildman–Crippen LogP) is 1.86. The summed E-state index contributed by atoms with van der Waals surface area (Å²) in [6.45, 7) is 7.59. The maximum absolute atomic E-state index is 11.8. The molecule has 1 aliphatic carbocycles. The van der Waals surface area contributed by atoms with Gasteiger partial charge in [0.05, 0.1) is 13.2 Å². The number of esters is 2. The molecule has 0 spiro atoms. The Morgan fingerprint density at radius 3 is 2.18 bits per heavy atom. The summed E-state index contributed by atoms with van der Waals surface area (Å²) in [5, 5.41) is 2.86. The molecule has 1 rings (SSSR count). The van der Waals surface area contributed by atoms with Crippen molar-refractivity contribution in [2.24, 2.45) is 5.41 Å². The molecule has 0 heterocycles. The average Bonchev–Trinajstić information content (AvgIpc) is 2.37. The number of hydrogen-bond acceptors (Lipinski definition) is 6. The van der Waals surface area contributed by atoms with E-state index < -0.39 is 11.9 Å². The van der Waals surface area contributed by atoms with Gasteiger partial charge < -0.3 is 14.8 Å². The number of hydrogen-bond donors (Lipinski definition) is 1. The summed E-state index contributed by atoms with van der Waals surface area (Å²) in [5.74, 6) is -1.49. The summed E-state index contributed by atoms with van der Waals surface area (Å²) in [5.41, 5.74) is 0.281. The minimum absolute atomic E-state index is 0.0148. The molecule has 0 aliphatic heterocycles. The highest BCUT2D eigenvalue weighted by molar-refractivity contribution is 6.14. The fraction of sp³-hybridized carbons (Fsp3) is 0.562. The normalized spacial score (nSPS) is 16.4. The van der Waals surface area contributed by atoms with Crippen LogP contribution in [0.4, 0.5) is 0 Å². The van der Waals surface area contributed by atoms with E-state index in [-0.39, 0.29) is 30.0 Å². The first kappa shape index (κ1) is 17.9. The lowest BCUT2D eigenvalue weighted by atomic mass is 9.79. The van der Waals surface area contributed by atoms with Crippen LogP contribution in [-0.4, -0.2) is 30.9 Å². The van der Waals surface area contributed by atoms with Crippen molar-refractivity contribution in [2.75, 3.05) is 13.2 Å². The van der Waals surface area contributed by atoms with Gasteiger partial charge in [-0.3, -0.25) is 4.79 Å². The molecule has 0 unspecified atom stereocenters. The summed E-state index contributed by atoms with van der Waals surface area (Å²) in [7, 11) is 0. The van der Waals surface area contributed by atoms with Crippen molar-refractivity contribution in [1.29, 1.82) is 0 Å². The summed E-state index contributed by atoms with van der Waals surface area (Å²) in [4.78, 5) is 35.3. The molecule has 0 atom stereocenters. The third-order valence-corrected chi connectivity index (χ3v) is 3.05. The van der Waals surface area contributed by atoms with Crippen LogP contribution in [0.2, 0.25) is 0 Å². The number of nitrogens with one attached hydrogen (secondary N) is 1. The third kappa shape index (κ3) is 5.35. The molecule has 0 aromatic carbocycles. The van der Waals surface area contributed by atoms with Crippen LogP contribution in [0.5, 0.6) is 0 Å². The monoisotopic (exact) mass is 309 g/mol. The van der Waals surface area contributed by atoms with Gasteiger partial charge in [0.25, 0.3) is 0 Å². The van der Waals surface area contributed by atoms with E-state index in [1.54, 1.807) is 13.8 Å². The Morgan fingerprint density at radius 1 is 1.18 bits per heavy atom. The van der Waals surface area contributed by atoms with Gasteiger partial charge in [-0.1, -0.05) is 13.8 Å². The van der Waals surface area contributed by atoms with Crippen molar-refractivity contribution in [2.45, 2.75) is 40.5 Å². The van der Waals surface area contributed by atoms with E-state index in [0.29, 0.717) is 18.5 Å². The maximum atomic E-state index is 11.8. The molecule has 0 aromatic rings. The first-order valence-corrected chi connectivity index (χ1v) is 7.33. The number of ether oxygens (including phenoxy) is 2. The summed E-state index contributed by atoms with van der Waals surface area (Å²) >= 11 is 0. The smallest absolute Gasteiger partial charge is 0.347 e. The summed E-state index contributed by atoms with van der Waals surface area (Å²) < 4.78 is 9.68. The van der Waals surface area contributed by atoms with E-state index in [1.165, 1.54) is 12.3 Å². The minimum Gasteiger partial charge on any atom is -0.462 e. The Kier molecular flexibility index (Phi) is 6.34. The first-order valence-electron chi connectivity index (χ1n) is 7.33. The highest BCUT2D eigenvalue weighted by atomic mass is 16.6. The van der Waals surface area contributed by atoms with Crippen LogP contribution in [0.1, 0.15) is 40.5 Å². The second-order valence-electron chi connectivity index (χ2n) is 5.80. The maximum Gasteiger partial charge on any atom is 0.347 e. The highest BCUT2D eigenvalue weighted by Gasteiger charge is 2.28. The Labute approximate surface area is 130 Å². The lowest BCUT2D eigenvalue weighted by Crippen LogP contribution is -2.27. The van der Waals surface area contributed by atoms with Crippen LogP contribution in [-0.2, 0) is 23.9 Å². The third-order valence-electron chi connectivity index (χ3n) is 3.05. The number of allylic oxidation sites excluding steroid dienone is 2. The Hall–Kier alpha value is -2.11. The molecule has 0 fully saturated rings. The van der Waals surface area contributed by atoms with E-state index in [9.17, 15) is 14.4 Å². The molecule has 122 valence electrons. The molecule has 0 bridgehead atoms. The molecule has 0 saturated heterocycles. The van der Waals surface area contributed by atoms with Gasteiger partial charge in [-0.05, 0) is 25.7 Å². The fourth-order valence-electron chi connectivity index (χ4n) is 2.22. The van der Waals surface area contributed by atoms with Gasteiger partial charge in [-0.2, -0.15) is 0 Å². The zero-order chi connectivity index (χ0) is 16.8. The first-order chi connectivity index (χ1) is 10.3. The second-order valence-corrected chi connectivity index (χ2v) is 5.80. The molecule has 1 N–H and O–H groups in total. The quantitative estimate of drug-likeness (QED) is 0.349. The van der Waals surface area contributed by atoms with E-state index in [2.05, 4.69) is 5.32 Å². The zero-order valence-corrected chi connectivity index (χ0v) is 13.5. The number of ketones is 1. The van der Waals surface area contributed by atoms with Gasteiger partial charge in [0.15, 0.2) is 11.4 Å². The Balaban J connectivity index is 2.91. The topological polar surface area (TPSA) is 81.7 Å². The van der Waals surface area contributed by atoms with Gasteiger partial charge in [-0.25, -0.2) is 9.59 Å². The Bertz CT molecular complexity index is 497.